The van der Waals surface area contributed by atoms with Crippen LogP contribution in [0.15, 0.2) is 24.3 Å². The van der Waals surface area contributed by atoms with Crippen LogP contribution in [0.5, 0.6) is 0 Å². The van der Waals surface area contributed by atoms with Crippen molar-refractivity contribution in [2.24, 2.45) is 0 Å². The summed E-state index contributed by atoms with van der Waals surface area (Å²) in [4.78, 5) is 17.7. The van der Waals surface area contributed by atoms with Gasteiger partial charge in [0.1, 0.15) is 0 Å². The zero-order chi connectivity index (χ0) is 10.8. The summed E-state index contributed by atoms with van der Waals surface area (Å²) in [7, 11) is -5.40. The van der Waals surface area contributed by atoms with E-state index in [1.165, 1.54) is 24.3 Å². The maximum atomic E-state index is 10.8. The SMILES string of the molecule is CS(=O)(=O)Nc1ccc(P(O)O)cc1. The van der Waals surface area contributed by atoms with Crippen LogP contribution in [0.25, 0.3) is 0 Å². The van der Waals surface area contributed by atoms with Gasteiger partial charge in [-0.2, -0.15) is 0 Å². The zero-order valence-electron chi connectivity index (χ0n) is 7.38. The molecule has 1 rings (SSSR count). The third kappa shape index (κ3) is 3.59. The van der Waals surface area contributed by atoms with Gasteiger partial charge in [0.25, 0.3) is 0 Å². The molecule has 78 valence electrons. The molecule has 0 aliphatic rings. The Morgan fingerprint density at radius 3 is 2.07 bits per heavy atom. The Morgan fingerprint density at radius 1 is 1.21 bits per heavy atom. The fraction of sp³-hybridized carbons (Fsp3) is 0.143. The van der Waals surface area contributed by atoms with E-state index in [9.17, 15) is 8.42 Å². The largest absolute Gasteiger partial charge is 0.347 e. The Hall–Kier alpha value is -0.680. The Labute approximate surface area is 83.4 Å². The van der Waals surface area contributed by atoms with E-state index in [1.807, 2.05) is 0 Å². The third-order valence-electron chi connectivity index (χ3n) is 1.40. The Balaban J connectivity index is 2.84. The Kier molecular flexibility index (Phi) is 3.44. The standard InChI is InChI=1S/C7H10NO4PS/c1-14(11,12)8-6-2-4-7(5-3-6)13(9)10/h2-5,8-10H,1H3. The predicted octanol–water partition coefficient (Wildman–Crippen LogP) is -0.0201. The van der Waals surface area contributed by atoms with Gasteiger partial charge < -0.3 is 9.79 Å². The van der Waals surface area contributed by atoms with Crippen LogP contribution in [0.4, 0.5) is 5.69 Å². The maximum Gasteiger partial charge on any atom is 0.229 e. The zero-order valence-corrected chi connectivity index (χ0v) is 9.09. The average molecular weight is 235 g/mol. The molecule has 0 bridgehead atoms. The number of anilines is 1. The highest BCUT2D eigenvalue weighted by Crippen LogP contribution is 2.22. The minimum atomic E-state index is -3.28. The molecule has 0 spiro atoms. The van der Waals surface area contributed by atoms with Crippen molar-refractivity contribution in [1.82, 2.24) is 0 Å². The van der Waals surface area contributed by atoms with E-state index in [0.29, 0.717) is 11.0 Å². The van der Waals surface area contributed by atoms with Gasteiger partial charge in [-0.05, 0) is 24.3 Å². The molecule has 0 fully saturated rings. The van der Waals surface area contributed by atoms with Crippen LogP contribution in [0.1, 0.15) is 0 Å². The number of hydrogen-bond donors (Lipinski definition) is 3. The lowest BCUT2D eigenvalue weighted by Gasteiger charge is -2.05. The summed E-state index contributed by atoms with van der Waals surface area (Å²) in [6.07, 6.45) is 1.05. The molecule has 3 N–H and O–H groups in total. The molecule has 0 radical (unpaired) electrons. The van der Waals surface area contributed by atoms with Crippen molar-refractivity contribution in [2.75, 3.05) is 11.0 Å². The molecule has 1 aromatic carbocycles. The fourth-order valence-corrected chi connectivity index (χ4v) is 1.86. The highest BCUT2D eigenvalue weighted by Gasteiger charge is 2.05. The van der Waals surface area contributed by atoms with Crippen LogP contribution in [0.3, 0.4) is 0 Å². The molecule has 0 unspecified atom stereocenters. The summed E-state index contributed by atoms with van der Waals surface area (Å²) in [5, 5.41) is 0.374. The Morgan fingerprint density at radius 2 is 1.71 bits per heavy atom. The first-order valence-corrected chi connectivity index (χ1v) is 6.78. The van der Waals surface area contributed by atoms with Crippen molar-refractivity contribution in [3.8, 4) is 0 Å². The highest BCUT2D eigenvalue weighted by molar-refractivity contribution is 7.92. The summed E-state index contributed by atoms with van der Waals surface area (Å²) < 4.78 is 23.9. The molecule has 5 nitrogen and oxygen atoms in total. The number of rotatable bonds is 3. The minimum Gasteiger partial charge on any atom is -0.347 e. The van der Waals surface area contributed by atoms with Crippen LogP contribution in [0, 0.1) is 0 Å². The molecule has 1 aromatic rings. The molecule has 0 saturated heterocycles. The second kappa shape index (κ2) is 4.23. The van der Waals surface area contributed by atoms with Crippen LogP contribution < -0.4 is 10.0 Å². The lowest BCUT2D eigenvalue weighted by atomic mass is 10.3. The van der Waals surface area contributed by atoms with Crippen molar-refractivity contribution in [2.45, 2.75) is 0 Å². The number of hydrogen-bond acceptors (Lipinski definition) is 4. The second-order valence-electron chi connectivity index (χ2n) is 2.71. The Bertz CT molecular complexity index is 400. The molecule has 0 amide bonds. The van der Waals surface area contributed by atoms with Gasteiger partial charge in [0.05, 0.1) is 6.26 Å². The highest BCUT2D eigenvalue weighted by atomic mass is 32.2. The number of sulfonamides is 1. The molecular weight excluding hydrogens is 225 g/mol. The van der Waals surface area contributed by atoms with Gasteiger partial charge in [-0.25, -0.2) is 8.42 Å². The van der Waals surface area contributed by atoms with Crippen molar-refractivity contribution in [3.05, 3.63) is 24.3 Å². The van der Waals surface area contributed by atoms with Crippen LogP contribution in [0.2, 0.25) is 0 Å². The van der Waals surface area contributed by atoms with Gasteiger partial charge in [-0.3, -0.25) is 4.72 Å². The first-order valence-electron chi connectivity index (χ1n) is 3.64. The van der Waals surface area contributed by atoms with E-state index < -0.39 is 18.4 Å². The molecule has 0 aromatic heterocycles. The first kappa shape index (κ1) is 11.4. The smallest absolute Gasteiger partial charge is 0.229 e. The fourth-order valence-electron chi connectivity index (χ4n) is 0.877. The normalized spacial score (nSPS) is 11.7. The summed E-state index contributed by atoms with van der Waals surface area (Å²) in [5.74, 6) is 0. The lowest BCUT2D eigenvalue weighted by molar-refractivity contribution is 0.497. The van der Waals surface area contributed by atoms with E-state index >= 15 is 0 Å². The van der Waals surface area contributed by atoms with Crippen LogP contribution in [-0.4, -0.2) is 24.5 Å². The molecule has 7 heteroatoms. The molecule has 0 saturated carbocycles. The van der Waals surface area contributed by atoms with Gasteiger partial charge in [-0.15, -0.1) is 0 Å². The van der Waals surface area contributed by atoms with E-state index in [0.717, 1.165) is 6.26 Å². The molecule has 0 aliphatic carbocycles. The van der Waals surface area contributed by atoms with Gasteiger partial charge in [0, 0.05) is 11.0 Å². The molecule has 0 aliphatic heterocycles. The summed E-state index contributed by atoms with van der Waals surface area (Å²) >= 11 is 0. The van der Waals surface area contributed by atoms with Gasteiger partial charge in [0.15, 0.2) is 8.38 Å². The predicted molar refractivity (Wildman–Crippen MR) is 55.9 cm³/mol. The third-order valence-corrected chi connectivity index (χ3v) is 2.77. The quantitative estimate of drug-likeness (QED) is 0.642. The lowest BCUT2D eigenvalue weighted by Crippen LogP contribution is -2.10. The number of benzene rings is 1. The summed E-state index contributed by atoms with van der Waals surface area (Å²) in [6.45, 7) is 0. The molecule has 0 atom stereocenters. The average Bonchev–Trinajstić information content (AvgIpc) is 2.02. The molecule has 0 heterocycles. The van der Waals surface area contributed by atoms with Crippen molar-refractivity contribution in [3.63, 3.8) is 0 Å². The van der Waals surface area contributed by atoms with Crippen molar-refractivity contribution in [1.29, 1.82) is 0 Å². The van der Waals surface area contributed by atoms with Crippen molar-refractivity contribution < 1.29 is 18.2 Å². The van der Waals surface area contributed by atoms with E-state index in [1.54, 1.807) is 0 Å². The van der Waals surface area contributed by atoms with Crippen LogP contribution >= 0.6 is 8.38 Å². The van der Waals surface area contributed by atoms with Gasteiger partial charge in [0.2, 0.25) is 10.0 Å². The maximum absolute atomic E-state index is 10.8. The van der Waals surface area contributed by atoms with E-state index in [4.69, 9.17) is 9.79 Å². The van der Waals surface area contributed by atoms with Crippen molar-refractivity contribution >= 4 is 29.4 Å². The van der Waals surface area contributed by atoms with Crippen LogP contribution in [-0.2, 0) is 10.0 Å². The van der Waals surface area contributed by atoms with E-state index in [-0.39, 0.29) is 0 Å². The second-order valence-corrected chi connectivity index (χ2v) is 5.55. The van der Waals surface area contributed by atoms with Gasteiger partial charge in [-0.1, -0.05) is 0 Å². The van der Waals surface area contributed by atoms with Gasteiger partial charge >= 0.3 is 0 Å². The minimum absolute atomic E-state index is 0.374. The molecular formula is C7H10NO4PS. The monoisotopic (exact) mass is 235 g/mol. The summed E-state index contributed by atoms with van der Waals surface area (Å²) in [6, 6.07) is 5.86. The topological polar surface area (TPSA) is 86.6 Å². The number of nitrogens with one attached hydrogen (secondary N) is 1. The molecule has 14 heavy (non-hydrogen) atoms. The first-order chi connectivity index (χ1) is 6.38. The summed E-state index contributed by atoms with van der Waals surface area (Å²) in [5.41, 5.74) is 0.396. The van der Waals surface area contributed by atoms with E-state index in [2.05, 4.69) is 4.72 Å².